The maximum absolute atomic E-state index is 13.0. The summed E-state index contributed by atoms with van der Waals surface area (Å²) < 4.78 is 4.95. The second-order valence-corrected chi connectivity index (χ2v) is 8.12. The van der Waals surface area contributed by atoms with E-state index >= 15 is 0 Å². The molecule has 1 aromatic carbocycles. The van der Waals surface area contributed by atoms with Crippen molar-refractivity contribution in [3.63, 3.8) is 0 Å². The molecule has 1 N–H and O–H groups in total. The number of rotatable bonds is 7. The van der Waals surface area contributed by atoms with E-state index in [-0.39, 0.29) is 36.6 Å². The molecule has 0 radical (unpaired) electrons. The minimum atomic E-state index is -0.641. The second-order valence-electron chi connectivity index (χ2n) is 8.12. The van der Waals surface area contributed by atoms with Crippen LogP contribution in [0.4, 0.5) is 17.2 Å². The van der Waals surface area contributed by atoms with Crippen LogP contribution in [0, 0.1) is 10.1 Å². The molecule has 178 valence electrons. The minimum Gasteiger partial charge on any atom is -0.462 e. The van der Waals surface area contributed by atoms with Gasteiger partial charge in [0.1, 0.15) is 0 Å². The fourth-order valence-corrected chi connectivity index (χ4v) is 4.31. The number of ether oxygens (including phenoxy) is 1. The largest absolute Gasteiger partial charge is 0.462 e. The Bertz CT molecular complexity index is 1100. The van der Waals surface area contributed by atoms with Gasteiger partial charge in [-0.1, -0.05) is 0 Å². The highest BCUT2D eigenvalue weighted by Gasteiger charge is 2.41. The van der Waals surface area contributed by atoms with Crippen LogP contribution in [0.25, 0.3) is 0 Å². The van der Waals surface area contributed by atoms with E-state index in [1.54, 1.807) is 19.1 Å². The van der Waals surface area contributed by atoms with E-state index in [0.717, 1.165) is 4.90 Å². The number of nitrogens with one attached hydrogen (secondary N) is 1. The molecular formula is C23H25N5O6. The first-order valence-corrected chi connectivity index (χ1v) is 11.1. The highest BCUT2D eigenvalue weighted by molar-refractivity contribution is 6.22. The SMILES string of the molecule is CCOC(=O)c1ccc(N2C(=O)C[C@@H](NC3CCN(c4ncccc4[N+](=O)[O-])CC3)C2=O)cc1. The number of pyridine rings is 1. The maximum Gasteiger partial charge on any atom is 0.338 e. The van der Waals surface area contributed by atoms with Crippen LogP contribution in [0.5, 0.6) is 0 Å². The molecular weight excluding hydrogens is 442 g/mol. The van der Waals surface area contributed by atoms with Gasteiger partial charge in [-0.3, -0.25) is 19.7 Å². The third kappa shape index (κ3) is 4.74. The van der Waals surface area contributed by atoms with Crippen LogP contribution in [0.2, 0.25) is 0 Å². The normalized spacial score (nSPS) is 18.9. The molecule has 0 saturated carbocycles. The number of aromatic nitrogens is 1. The van der Waals surface area contributed by atoms with Crippen molar-refractivity contribution >= 4 is 35.0 Å². The molecule has 2 saturated heterocycles. The Balaban J connectivity index is 1.36. The first-order chi connectivity index (χ1) is 16.4. The van der Waals surface area contributed by atoms with Gasteiger partial charge in [-0.05, 0) is 50.1 Å². The summed E-state index contributed by atoms with van der Waals surface area (Å²) in [7, 11) is 0. The van der Waals surface area contributed by atoms with Gasteiger partial charge >= 0.3 is 11.7 Å². The molecule has 4 rings (SSSR count). The van der Waals surface area contributed by atoms with E-state index in [1.165, 1.54) is 30.5 Å². The zero-order valence-corrected chi connectivity index (χ0v) is 18.7. The molecule has 11 heteroatoms. The zero-order valence-electron chi connectivity index (χ0n) is 18.7. The van der Waals surface area contributed by atoms with Crippen molar-refractivity contribution in [2.75, 3.05) is 29.5 Å². The van der Waals surface area contributed by atoms with Crippen LogP contribution in [-0.2, 0) is 14.3 Å². The monoisotopic (exact) mass is 467 g/mol. The number of carbonyl (C=O) groups excluding carboxylic acids is 3. The quantitative estimate of drug-likeness (QED) is 0.281. The second kappa shape index (κ2) is 9.96. The summed E-state index contributed by atoms with van der Waals surface area (Å²) in [4.78, 5) is 55.4. The van der Waals surface area contributed by atoms with Gasteiger partial charge in [0.05, 0.1) is 35.2 Å². The summed E-state index contributed by atoms with van der Waals surface area (Å²) >= 11 is 0. The summed E-state index contributed by atoms with van der Waals surface area (Å²) in [5.74, 6) is -0.768. The van der Waals surface area contributed by atoms with Gasteiger partial charge in [-0.15, -0.1) is 0 Å². The van der Waals surface area contributed by atoms with E-state index in [0.29, 0.717) is 43.0 Å². The molecule has 3 heterocycles. The number of esters is 1. The van der Waals surface area contributed by atoms with Crippen molar-refractivity contribution in [1.82, 2.24) is 10.3 Å². The van der Waals surface area contributed by atoms with Crippen molar-refractivity contribution in [2.45, 2.75) is 38.3 Å². The predicted molar refractivity (Wildman–Crippen MR) is 123 cm³/mol. The molecule has 0 aliphatic carbocycles. The number of piperidine rings is 1. The van der Waals surface area contributed by atoms with Crippen LogP contribution >= 0.6 is 0 Å². The summed E-state index contributed by atoms with van der Waals surface area (Å²) in [6, 6.07) is 8.50. The average molecular weight is 467 g/mol. The standard InChI is InChI=1S/C23H25N5O6/c1-2-34-23(31)15-5-7-17(8-6-15)27-20(29)14-18(22(27)30)25-16-9-12-26(13-10-16)21-19(28(32)33)4-3-11-24-21/h3-8,11,16,18,25H,2,9-10,12-14H2,1H3/t18-/m1/s1. The maximum atomic E-state index is 13.0. The smallest absolute Gasteiger partial charge is 0.338 e. The van der Waals surface area contributed by atoms with Crippen LogP contribution in [0.15, 0.2) is 42.6 Å². The summed E-state index contributed by atoms with van der Waals surface area (Å²) in [6.07, 6.45) is 2.88. The highest BCUT2D eigenvalue weighted by atomic mass is 16.6. The molecule has 11 nitrogen and oxygen atoms in total. The van der Waals surface area contributed by atoms with Crippen LogP contribution in [-0.4, -0.2) is 59.5 Å². The van der Waals surface area contributed by atoms with Crippen molar-refractivity contribution in [3.8, 4) is 0 Å². The molecule has 1 aromatic heterocycles. The third-order valence-corrected chi connectivity index (χ3v) is 5.98. The lowest BCUT2D eigenvalue weighted by atomic mass is 10.0. The van der Waals surface area contributed by atoms with E-state index in [9.17, 15) is 24.5 Å². The Morgan fingerprint density at radius 1 is 1.21 bits per heavy atom. The van der Waals surface area contributed by atoms with Crippen molar-refractivity contribution in [3.05, 3.63) is 58.3 Å². The van der Waals surface area contributed by atoms with Crippen LogP contribution in [0.3, 0.4) is 0 Å². The Morgan fingerprint density at radius 3 is 2.56 bits per heavy atom. The van der Waals surface area contributed by atoms with Gasteiger partial charge < -0.3 is 15.0 Å². The van der Waals surface area contributed by atoms with Gasteiger partial charge in [0, 0.05) is 31.4 Å². The fraction of sp³-hybridized carbons (Fsp3) is 0.391. The Labute approximate surface area is 195 Å². The third-order valence-electron chi connectivity index (χ3n) is 5.98. The lowest BCUT2D eigenvalue weighted by Gasteiger charge is -2.33. The Kier molecular flexibility index (Phi) is 6.82. The van der Waals surface area contributed by atoms with Gasteiger partial charge in [-0.2, -0.15) is 0 Å². The number of benzene rings is 1. The zero-order chi connectivity index (χ0) is 24.2. The number of hydrogen-bond donors (Lipinski definition) is 1. The van der Waals surface area contributed by atoms with Crippen LogP contribution in [0.1, 0.15) is 36.5 Å². The topological polar surface area (TPSA) is 135 Å². The Morgan fingerprint density at radius 2 is 1.91 bits per heavy atom. The number of anilines is 2. The van der Waals surface area contributed by atoms with Gasteiger partial charge in [-0.25, -0.2) is 14.7 Å². The number of carbonyl (C=O) groups is 3. The van der Waals surface area contributed by atoms with Crippen LogP contribution < -0.4 is 15.1 Å². The number of amides is 2. The minimum absolute atomic E-state index is 0.00749. The first-order valence-electron chi connectivity index (χ1n) is 11.1. The summed E-state index contributed by atoms with van der Waals surface area (Å²) in [6.45, 7) is 3.06. The van der Waals surface area contributed by atoms with E-state index in [1.807, 2.05) is 4.90 Å². The van der Waals surface area contributed by atoms with E-state index in [2.05, 4.69) is 10.3 Å². The molecule has 2 aliphatic rings. The number of nitro groups is 1. The van der Waals surface area contributed by atoms with Gasteiger partial charge in [0.2, 0.25) is 11.7 Å². The summed E-state index contributed by atoms with van der Waals surface area (Å²) in [5.41, 5.74) is 0.721. The predicted octanol–water partition coefficient (Wildman–Crippen LogP) is 2.06. The molecule has 2 aromatic rings. The number of nitrogens with zero attached hydrogens (tertiary/aromatic N) is 4. The van der Waals surface area contributed by atoms with Gasteiger partial charge in [0.25, 0.3) is 5.91 Å². The lowest BCUT2D eigenvalue weighted by molar-refractivity contribution is -0.384. The molecule has 2 amide bonds. The van der Waals surface area contributed by atoms with Crippen molar-refractivity contribution < 1.29 is 24.0 Å². The molecule has 2 fully saturated rings. The molecule has 1 atom stereocenters. The number of imide groups is 1. The molecule has 2 aliphatic heterocycles. The van der Waals surface area contributed by atoms with Crippen molar-refractivity contribution in [2.24, 2.45) is 0 Å². The fourth-order valence-electron chi connectivity index (χ4n) is 4.31. The molecule has 34 heavy (non-hydrogen) atoms. The highest BCUT2D eigenvalue weighted by Crippen LogP contribution is 2.28. The van der Waals surface area contributed by atoms with Gasteiger partial charge in [0.15, 0.2) is 0 Å². The Hall–Kier alpha value is -3.86. The first kappa shape index (κ1) is 23.3. The molecule has 0 bridgehead atoms. The molecule has 0 spiro atoms. The van der Waals surface area contributed by atoms with E-state index < -0.39 is 16.9 Å². The van der Waals surface area contributed by atoms with Crippen molar-refractivity contribution in [1.29, 1.82) is 0 Å². The molecule has 0 unspecified atom stereocenters. The number of hydrogen-bond acceptors (Lipinski definition) is 9. The van der Waals surface area contributed by atoms with E-state index in [4.69, 9.17) is 4.74 Å². The summed E-state index contributed by atoms with van der Waals surface area (Å²) in [5, 5.41) is 14.6. The average Bonchev–Trinajstić information content (AvgIpc) is 3.12. The lowest BCUT2D eigenvalue weighted by Crippen LogP contribution is -2.49.